The number of hydrogen-bond donors (Lipinski definition) is 1. The third kappa shape index (κ3) is 6.89. The summed E-state index contributed by atoms with van der Waals surface area (Å²) in [6.45, 7) is 3.71. The minimum absolute atomic E-state index is 0.0733. The topological polar surface area (TPSA) is 96.0 Å². The van der Waals surface area contributed by atoms with Crippen molar-refractivity contribution in [3.8, 4) is 5.75 Å². The summed E-state index contributed by atoms with van der Waals surface area (Å²) in [5.74, 6) is -0.108. The van der Waals surface area contributed by atoms with Gasteiger partial charge in [0.2, 0.25) is 11.8 Å². The number of hydrogen-bond acceptors (Lipinski definition) is 5. The van der Waals surface area contributed by atoms with Crippen LogP contribution in [-0.2, 0) is 26.2 Å². The molecule has 0 fully saturated rings. The minimum Gasteiger partial charge on any atom is -0.497 e. The van der Waals surface area contributed by atoms with E-state index in [1.54, 1.807) is 67.8 Å². The van der Waals surface area contributed by atoms with Crippen LogP contribution in [0.25, 0.3) is 0 Å². The zero-order valence-corrected chi connectivity index (χ0v) is 22.1. The van der Waals surface area contributed by atoms with E-state index in [1.165, 1.54) is 17.0 Å². The van der Waals surface area contributed by atoms with Crippen LogP contribution in [0.2, 0.25) is 0 Å². The number of ether oxygens (including phenoxy) is 1. The number of para-hydroxylation sites is 1. The molecule has 3 aromatic rings. The molecule has 0 aliphatic heterocycles. The van der Waals surface area contributed by atoms with Gasteiger partial charge in [0.05, 0.1) is 17.7 Å². The molecule has 3 rings (SSSR count). The summed E-state index contributed by atoms with van der Waals surface area (Å²) in [5, 5.41) is 2.79. The molecule has 8 nitrogen and oxygen atoms in total. The van der Waals surface area contributed by atoms with Gasteiger partial charge in [0, 0.05) is 13.1 Å². The van der Waals surface area contributed by atoms with E-state index in [2.05, 4.69) is 5.32 Å². The Bertz CT molecular complexity index is 1270. The number of likely N-dealkylation sites (N-methyl/N-ethyl adjacent to an activating group) is 1. The van der Waals surface area contributed by atoms with Crippen molar-refractivity contribution in [3.05, 3.63) is 90.5 Å². The van der Waals surface area contributed by atoms with Crippen LogP contribution < -0.4 is 14.4 Å². The standard InChI is InChI=1S/C28H33N3O5S/c1-4-26(28(33)29-5-2)30(20-22-16-18-24(36-3)19-17-22)27(32)21-31(23-12-8-6-9-13-23)37(34,35)25-14-10-7-11-15-25/h6-19,26H,4-5,20-21H2,1-3H3,(H,29,33). The van der Waals surface area contributed by atoms with Crippen LogP contribution in [-0.4, -0.2) is 51.4 Å². The Balaban J connectivity index is 2.01. The Kier molecular flexibility index (Phi) is 9.68. The van der Waals surface area contributed by atoms with Crippen molar-refractivity contribution in [2.24, 2.45) is 0 Å². The van der Waals surface area contributed by atoms with Crippen molar-refractivity contribution in [1.29, 1.82) is 0 Å². The van der Waals surface area contributed by atoms with Crippen molar-refractivity contribution < 1.29 is 22.7 Å². The highest BCUT2D eigenvalue weighted by Gasteiger charge is 2.33. The van der Waals surface area contributed by atoms with E-state index in [4.69, 9.17) is 4.74 Å². The Hall–Kier alpha value is -3.85. The molecule has 1 unspecified atom stereocenters. The maximum absolute atomic E-state index is 13.9. The first kappa shape index (κ1) is 27.7. The average Bonchev–Trinajstić information content (AvgIpc) is 2.93. The van der Waals surface area contributed by atoms with Crippen molar-refractivity contribution in [2.75, 3.05) is 24.5 Å². The summed E-state index contributed by atoms with van der Waals surface area (Å²) in [6, 6.07) is 22.9. The second kappa shape index (κ2) is 12.9. The Morgan fingerprint density at radius 1 is 0.892 bits per heavy atom. The normalized spacial score (nSPS) is 11.9. The number of amides is 2. The first-order chi connectivity index (χ1) is 17.8. The zero-order valence-electron chi connectivity index (χ0n) is 21.3. The molecule has 2 amide bonds. The van der Waals surface area contributed by atoms with E-state index >= 15 is 0 Å². The van der Waals surface area contributed by atoms with Gasteiger partial charge in [-0.1, -0.05) is 55.5 Å². The maximum Gasteiger partial charge on any atom is 0.264 e. The molecule has 1 N–H and O–H groups in total. The molecule has 0 spiro atoms. The van der Waals surface area contributed by atoms with Crippen LogP contribution in [0.15, 0.2) is 89.8 Å². The molecule has 0 saturated heterocycles. The van der Waals surface area contributed by atoms with Gasteiger partial charge >= 0.3 is 0 Å². The number of nitrogens with one attached hydrogen (secondary N) is 1. The van der Waals surface area contributed by atoms with Crippen molar-refractivity contribution in [1.82, 2.24) is 10.2 Å². The lowest BCUT2D eigenvalue weighted by Gasteiger charge is -2.33. The van der Waals surface area contributed by atoms with Crippen LogP contribution in [0.1, 0.15) is 25.8 Å². The summed E-state index contributed by atoms with van der Waals surface area (Å²) in [4.78, 5) is 28.3. The van der Waals surface area contributed by atoms with E-state index < -0.39 is 28.5 Å². The quantitative estimate of drug-likeness (QED) is 0.389. The summed E-state index contributed by atoms with van der Waals surface area (Å²) < 4.78 is 33.6. The number of rotatable bonds is 12. The largest absolute Gasteiger partial charge is 0.497 e. The SMILES string of the molecule is CCNC(=O)C(CC)N(Cc1ccc(OC)cc1)C(=O)CN(c1ccccc1)S(=O)(=O)c1ccccc1. The van der Waals surface area contributed by atoms with Gasteiger partial charge in [-0.2, -0.15) is 0 Å². The molecule has 3 aromatic carbocycles. The second-order valence-electron chi connectivity index (χ2n) is 8.35. The summed E-state index contributed by atoms with van der Waals surface area (Å²) in [5.41, 5.74) is 1.14. The molecule has 9 heteroatoms. The number of anilines is 1. The molecule has 0 aliphatic carbocycles. The van der Waals surface area contributed by atoms with Crippen LogP contribution in [0.3, 0.4) is 0 Å². The highest BCUT2D eigenvalue weighted by Crippen LogP contribution is 2.24. The molecule has 0 aliphatic rings. The third-order valence-electron chi connectivity index (χ3n) is 5.90. The maximum atomic E-state index is 13.9. The number of carbonyl (C=O) groups excluding carboxylic acids is 2. The summed E-state index contributed by atoms with van der Waals surface area (Å²) in [7, 11) is -2.49. The first-order valence-electron chi connectivity index (χ1n) is 12.1. The molecule has 0 saturated carbocycles. The van der Waals surface area contributed by atoms with Crippen LogP contribution in [0.5, 0.6) is 5.75 Å². The zero-order chi connectivity index (χ0) is 26.8. The van der Waals surface area contributed by atoms with Gasteiger partial charge in [0.15, 0.2) is 0 Å². The average molecular weight is 524 g/mol. The van der Waals surface area contributed by atoms with Crippen LogP contribution in [0.4, 0.5) is 5.69 Å². The van der Waals surface area contributed by atoms with Gasteiger partial charge < -0.3 is 15.0 Å². The molecular formula is C28H33N3O5S. The van der Waals surface area contributed by atoms with Crippen molar-refractivity contribution in [2.45, 2.75) is 37.8 Å². The molecule has 0 heterocycles. The van der Waals surface area contributed by atoms with E-state index in [1.807, 2.05) is 26.0 Å². The summed E-state index contributed by atoms with van der Waals surface area (Å²) >= 11 is 0. The smallest absolute Gasteiger partial charge is 0.264 e. The third-order valence-corrected chi connectivity index (χ3v) is 7.69. The van der Waals surface area contributed by atoms with Crippen molar-refractivity contribution >= 4 is 27.5 Å². The predicted octanol–water partition coefficient (Wildman–Crippen LogP) is 3.83. The lowest BCUT2D eigenvalue weighted by Crippen LogP contribution is -2.52. The van der Waals surface area contributed by atoms with Gasteiger partial charge in [0.25, 0.3) is 10.0 Å². The Morgan fingerprint density at radius 2 is 1.49 bits per heavy atom. The fraction of sp³-hybridized carbons (Fsp3) is 0.286. The molecule has 0 bridgehead atoms. The molecule has 1 atom stereocenters. The Labute approximate surface area is 218 Å². The first-order valence-corrected chi connectivity index (χ1v) is 13.6. The highest BCUT2D eigenvalue weighted by molar-refractivity contribution is 7.92. The van der Waals surface area contributed by atoms with E-state index in [0.29, 0.717) is 24.4 Å². The number of carbonyl (C=O) groups is 2. The monoisotopic (exact) mass is 523 g/mol. The van der Waals surface area contributed by atoms with Gasteiger partial charge in [-0.15, -0.1) is 0 Å². The van der Waals surface area contributed by atoms with E-state index in [9.17, 15) is 18.0 Å². The van der Waals surface area contributed by atoms with E-state index in [0.717, 1.165) is 9.87 Å². The van der Waals surface area contributed by atoms with Crippen LogP contribution >= 0.6 is 0 Å². The van der Waals surface area contributed by atoms with Gasteiger partial charge in [-0.25, -0.2) is 8.42 Å². The lowest BCUT2D eigenvalue weighted by atomic mass is 10.1. The van der Waals surface area contributed by atoms with Crippen LogP contribution in [0, 0.1) is 0 Å². The number of benzene rings is 3. The van der Waals surface area contributed by atoms with Gasteiger partial charge in [-0.3, -0.25) is 13.9 Å². The number of methoxy groups -OCH3 is 1. The van der Waals surface area contributed by atoms with E-state index in [-0.39, 0.29) is 17.3 Å². The molecule has 0 radical (unpaired) electrons. The lowest BCUT2D eigenvalue weighted by molar-refractivity contribution is -0.140. The molecule has 37 heavy (non-hydrogen) atoms. The second-order valence-corrected chi connectivity index (χ2v) is 10.2. The molecule has 0 aromatic heterocycles. The van der Waals surface area contributed by atoms with Gasteiger partial charge in [-0.05, 0) is 55.3 Å². The number of nitrogens with zero attached hydrogens (tertiary/aromatic N) is 2. The van der Waals surface area contributed by atoms with Crippen molar-refractivity contribution in [3.63, 3.8) is 0 Å². The highest BCUT2D eigenvalue weighted by atomic mass is 32.2. The summed E-state index contributed by atoms with van der Waals surface area (Å²) in [6.07, 6.45) is 0.366. The van der Waals surface area contributed by atoms with Gasteiger partial charge in [0.1, 0.15) is 18.3 Å². The fourth-order valence-electron chi connectivity index (χ4n) is 3.98. The minimum atomic E-state index is -4.06. The Morgan fingerprint density at radius 3 is 2.03 bits per heavy atom. The predicted molar refractivity (Wildman–Crippen MR) is 144 cm³/mol. The number of sulfonamides is 1. The molecule has 196 valence electrons. The fourth-order valence-corrected chi connectivity index (χ4v) is 5.42. The molecular weight excluding hydrogens is 490 g/mol.